The Morgan fingerprint density at radius 3 is 2.10 bits per heavy atom. The van der Waals surface area contributed by atoms with Gasteiger partial charge in [0.15, 0.2) is 0 Å². The van der Waals surface area contributed by atoms with E-state index in [4.69, 9.17) is 4.74 Å². The number of ether oxygens (including phenoxy) is 1. The number of hydrogen-bond donors (Lipinski definition) is 0. The molecule has 0 heterocycles. The molecule has 0 amide bonds. The van der Waals surface area contributed by atoms with E-state index in [1.165, 1.54) is 84.2 Å². The number of carbonyl (C=O) groups is 1. The molecular formula is C19H36O2. The Hall–Kier alpha value is -0.530. The van der Waals surface area contributed by atoms with Gasteiger partial charge in [0.1, 0.15) is 0 Å². The first-order chi connectivity index (χ1) is 10.3. The fourth-order valence-corrected chi connectivity index (χ4v) is 3.81. The summed E-state index contributed by atoms with van der Waals surface area (Å²) in [6, 6.07) is 0. The van der Waals surface area contributed by atoms with Crippen molar-refractivity contribution < 1.29 is 9.53 Å². The van der Waals surface area contributed by atoms with Gasteiger partial charge in [0, 0.05) is 6.42 Å². The Morgan fingerprint density at radius 2 is 1.48 bits per heavy atom. The molecular weight excluding hydrogens is 260 g/mol. The summed E-state index contributed by atoms with van der Waals surface area (Å²) >= 11 is 0. The van der Waals surface area contributed by atoms with Gasteiger partial charge in [0.05, 0.1) is 7.11 Å². The first kappa shape index (κ1) is 18.5. The zero-order valence-corrected chi connectivity index (χ0v) is 14.4. The van der Waals surface area contributed by atoms with Crippen LogP contribution in [0.25, 0.3) is 0 Å². The lowest BCUT2D eigenvalue weighted by molar-refractivity contribution is -0.141. The highest BCUT2D eigenvalue weighted by Crippen LogP contribution is 2.36. The molecule has 2 heteroatoms. The molecule has 124 valence electrons. The van der Waals surface area contributed by atoms with Crippen LogP contribution in [0, 0.1) is 11.8 Å². The van der Waals surface area contributed by atoms with Gasteiger partial charge in [-0.3, -0.25) is 4.79 Å². The lowest BCUT2D eigenvalue weighted by atomic mass is 9.74. The van der Waals surface area contributed by atoms with Gasteiger partial charge in [-0.25, -0.2) is 0 Å². The molecule has 0 aromatic rings. The minimum absolute atomic E-state index is 0.0322. The molecule has 0 aliphatic heterocycles. The SMILES string of the molecule is CCCCCCCCCC1CCCCC1CCC(=O)OC. The molecule has 1 rings (SSSR count). The second-order valence-corrected chi connectivity index (χ2v) is 6.83. The number of unbranched alkanes of at least 4 members (excludes halogenated alkanes) is 6. The Morgan fingerprint density at radius 1 is 0.905 bits per heavy atom. The summed E-state index contributed by atoms with van der Waals surface area (Å²) in [5, 5.41) is 0. The van der Waals surface area contributed by atoms with Crippen LogP contribution in [0.3, 0.4) is 0 Å². The third-order valence-corrected chi connectivity index (χ3v) is 5.19. The van der Waals surface area contributed by atoms with Crippen LogP contribution in [-0.2, 0) is 9.53 Å². The summed E-state index contributed by atoms with van der Waals surface area (Å²) in [7, 11) is 1.50. The number of rotatable bonds is 11. The summed E-state index contributed by atoms with van der Waals surface area (Å²) in [5.74, 6) is 1.62. The van der Waals surface area contributed by atoms with E-state index in [2.05, 4.69) is 6.92 Å². The van der Waals surface area contributed by atoms with E-state index in [9.17, 15) is 4.79 Å². The van der Waals surface area contributed by atoms with Crippen molar-refractivity contribution in [1.29, 1.82) is 0 Å². The maximum absolute atomic E-state index is 11.3. The van der Waals surface area contributed by atoms with Crippen LogP contribution in [0.15, 0.2) is 0 Å². The van der Waals surface area contributed by atoms with Crippen molar-refractivity contribution in [3.63, 3.8) is 0 Å². The van der Waals surface area contributed by atoms with Gasteiger partial charge in [-0.2, -0.15) is 0 Å². The van der Waals surface area contributed by atoms with Crippen molar-refractivity contribution in [2.24, 2.45) is 11.8 Å². The van der Waals surface area contributed by atoms with Gasteiger partial charge in [-0.05, 0) is 18.3 Å². The molecule has 2 nitrogen and oxygen atoms in total. The van der Waals surface area contributed by atoms with E-state index in [0.717, 1.165) is 18.3 Å². The van der Waals surface area contributed by atoms with Gasteiger partial charge in [0.2, 0.25) is 0 Å². The standard InChI is InChI=1S/C19H36O2/c1-3-4-5-6-7-8-9-12-17-13-10-11-14-18(17)15-16-19(20)21-2/h17-18H,3-16H2,1-2H3. The molecule has 0 aromatic heterocycles. The van der Waals surface area contributed by atoms with Crippen LogP contribution in [0.5, 0.6) is 0 Å². The average Bonchev–Trinajstić information content (AvgIpc) is 2.52. The molecule has 0 spiro atoms. The predicted molar refractivity (Wildman–Crippen MR) is 89.3 cm³/mol. The predicted octanol–water partition coefficient (Wildman–Crippen LogP) is 5.89. The maximum atomic E-state index is 11.3. The fourth-order valence-electron chi connectivity index (χ4n) is 3.81. The summed E-state index contributed by atoms with van der Waals surface area (Å²) in [4.78, 5) is 11.3. The fraction of sp³-hybridized carbons (Fsp3) is 0.947. The summed E-state index contributed by atoms with van der Waals surface area (Å²) in [6.45, 7) is 2.28. The Labute approximate surface area is 132 Å². The van der Waals surface area contributed by atoms with Gasteiger partial charge in [0.25, 0.3) is 0 Å². The zero-order chi connectivity index (χ0) is 15.3. The van der Waals surface area contributed by atoms with Crippen molar-refractivity contribution in [1.82, 2.24) is 0 Å². The van der Waals surface area contributed by atoms with Gasteiger partial charge >= 0.3 is 5.97 Å². The van der Waals surface area contributed by atoms with E-state index in [0.29, 0.717) is 6.42 Å². The molecule has 0 N–H and O–H groups in total. The topological polar surface area (TPSA) is 26.3 Å². The van der Waals surface area contributed by atoms with E-state index < -0.39 is 0 Å². The average molecular weight is 296 g/mol. The summed E-state index contributed by atoms with van der Waals surface area (Å²) < 4.78 is 4.78. The van der Waals surface area contributed by atoms with Crippen LogP contribution in [0.2, 0.25) is 0 Å². The van der Waals surface area contributed by atoms with Gasteiger partial charge in [-0.1, -0.05) is 84.0 Å². The number of esters is 1. The van der Waals surface area contributed by atoms with E-state index in [1.54, 1.807) is 0 Å². The molecule has 2 atom stereocenters. The highest BCUT2D eigenvalue weighted by atomic mass is 16.5. The van der Waals surface area contributed by atoms with E-state index in [-0.39, 0.29) is 5.97 Å². The third-order valence-electron chi connectivity index (χ3n) is 5.19. The normalized spacial score (nSPS) is 22.2. The van der Waals surface area contributed by atoms with Gasteiger partial charge < -0.3 is 4.74 Å². The molecule has 0 aromatic carbocycles. The maximum Gasteiger partial charge on any atom is 0.305 e. The molecule has 0 radical (unpaired) electrons. The molecule has 1 saturated carbocycles. The lowest BCUT2D eigenvalue weighted by Crippen LogP contribution is -2.20. The molecule has 0 saturated heterocycles. The monoisotopic (exact) mass is 296 g/mol. The minimum Gasteiger partial charge on any atom is -0.469 e. The lowest BCUT2D eigenvalue weighted by Gasteiger charge is -2.31. The Balaban J connectivity index is 2.13. The summed E-state index contributed by atoms with van der Waals surface area (Å²) in [5.41, 5.74) is 0. The number of methoxy groups -OCH3 is 1. The first-order valence-electron chi connectivity index (χ1n) is 9.34. The molecule has 21 heavy (non-hydrogen) atoms. The Bertz CT molecular complexity index is 262. The van der Waals surface area contributed by atoms with Crippen LogP contribution < -0.4 is 0 Å². The molecule has 1 aliphatic rings. The number of carbonyl (C=O) groups excluding carboxylic acids is 1. The largest absolute Gasteiger partial charge is 0.469 e. The minimum atomic E-state index is -0.0322. The molecule has 1 aliphatic carbocycles. The van der Waals surface area contributed by atoms with Crippen LogP contribution in [0.1, 0.15) is 96.8 Å². The molecule has 0 bridgehead atoms. The van der Waals surface area contributed by atoms with Crippen LogP contribution in [0.4, 0.5) is 0 Å². The van der Waals surface area contributed by atoms with Crippen molar-refractivity contribution in [3.05, 3.63) is 0 Å². The molecule has 1 fully saturated rings. The third kappa shape index (κ3) is 8.48. The van der Waals surface area contributed by atoms with Crippen LogP contribution >= 0.6 is 0 Å². The Kier molecular flexibility index (Phi) is 10.6. The smallest absolute Gasteiger partial charge is 0.305 e. The highest BCUT2D eigenvalue weighted by molar-refractivity contribution is 5.69. The quantitative estimate of drug-likeness (QED) is 0.351. The van der Waals surface area contributed by atoms with E-state index in [1.807, 2.05) is 0 Å². The van der Waals surface area contributed by atoms with Crippen molar-refractivity contribution in [2.75, 3.05) is 7.11 Å². The summed E-state index contributed by atoms with van der Waals surface area (Å²) in [6.07, 6.45) is 18.3. The first-order valence-corrected chi connectivity index (χ1v) is 9.34. The second-order valence-electron chi connectivity index (χ2n) is 6.83. The van der Waals surface area contributed by atoms with Crippen molar-refractivity contribution >= 4 is 5.97 Å². The zero-order valence-electron chi connectivity index (χ0n) is 14.4. The highest BCUT2D eigenvalue weighted by Gasteiger charge is 2.25. The second kappa shape index (κ2) is 12.1. The van der Waals surface area contributed by atoms with Crippen molar-refractivity contribution in [3.8, 4) is 0 Å². The van der Waals surface area contributed by atoms with E-state index >= 15 is 0 Å². The molecule has 2 unspecified atom stereocenters. The van der Waals surface area contributed by atoms with Gasteiger partial charge in [-0.15, -0.1) is 0 Å². The van der Waals surface area contributed by atoms with Crippen molar-refractivity contribution in [2.45, 2.75) is 96.8 Å². The van der Waals surface area contributed by atoms with Crippen LogP contribution in [-0.4, -0.2) is 13.1 Å². The number of hydrogen-bond acceptors (Lipinski definition) is 2.